The van der Waals surface area contributed by atoms with Gasteiger partial charge in [0.2, 0.25) is 0 Å². The average Bonchev–Trinajstić information content (AvgIpc) is 3.55. The molecule has 0 nitrogen and oxygen atoms in total. The van der Waals surface area contributed by atoms with Gasteiger partial charge in [0.1, 0.15) is 18.1 Å². The lowest BCUT2D eigenvalue weighted by molar-refractivity contribution is 0.462. The lowest BCUT2D eigenvalue weighted by Gasteiger charge is -2.42. The summed E-state index contributed by atoms with van der Waals surface area (Å²) in [5.74, 6) is 0.518. The van der Waals surface area contributed by atoms with Gasteiger partial charge in [-0.3, -0.25) is 0 Å². The van der Waals surface area contributed by atoms with Gasteiger partial charge < -0.3 is 0 Å². The van der Waals surface area contributed by atoms with Crippen molar-refractivity contribution in [2.75, 3.05) is 6.66 Å². The zero-order valence-corrected chi connectivity index (χ0v) is 21.7. The van der Waals surface area contributed by atoms with Crippen LogP contribution in [0.4, 0.5) is 0 Å². The van der Waals surface area contributed by atoms with Crippen LogP contribution in [0, 0.1) is 5.92 Å². The van der Waals surface area contributed by atoms with Crippen molar-refractivity contribution in [2.24, 2.45) is 5.92 Å². The molecule has 0 amide bonds. The van der Waals surface area contributed by atoms with Gasteiger partial charge in [-0.25, -0.2) is 0 Å². The van der Waals surface area contributed by atoms with Crippen molar-refractivity contribution in [2.45, 2.75) is 17.2 Å². The van der Waals surface area contributed by atoms with Crippen molar-refractivity contribution in [1.29, 1.82) is 0 Å². The standard InChI is InChI=1S/C33H29P2/c1-35-31(26-16-8-3-9-17-26)22-23-33(35,28-20-12-5-13-21-28)29-24-30(25-14-6-2-7-15-25)34(35)32(29)27-18-10-4-11-19-27/h2-22,24,29,32H,23H2,1H3/q+1/t29-,32+,33+,34?,35?/m0/s1. The molecule has 2 heteroatoms. The highest BCUT2D eigenvalue weighted by Gasteiger charge is 2.79. The second-order valence-electron chi connectivity index (χ2n) is 10.1. The summed E-state index contributed by atoms with van der Waals surface area (Å²) in [6, 6.07) is 45.5. The molecule has 7 rings (SSSR count). The van der Waals surface area contributed by atoms with E-state index in [1.807, 2.05) is 0 Å². The number of benzene rings is 4. The van der Waals surface area contributed by atoms with E-state index >= 15 is 0 Å². The summed E-state index contributed by atoms with van der Waals surface area (Å²) in [6.45, 7) is 1.11. The van der Waals surface area contributed by atoms with Gasteiger partial charge in [0.05, 0.1) is 19.3 Å². The number of rotatable bonds is 4. The molecule has 3 aliphatic rings. The van der Waals surface area contributed by atoms with Crippen LogP contribution in [-0.4, -0.2) is 6.66 Å². The Morgan fingerprint density at radius 1 is 0.686 bits per heavy atom. The highest BCUT2D eigenvalue weighted by Crippen LogP contribution is 3.12. The summed E-state index contributed by atoms with van der Waals surface area (Å²) in [6.07, 6.45) is 6.51. The molecule has 35 heavy (non-hydrogen) atoms. The summed E-state index contributed by atoms with van der Waals surface area (Å²) in [5.41, 5.74) is 6.54. The van der Waals surface area contributed by atoms with E-state index < -0.39 is 14.6 Å². The lowest BCUT2D eigenvalue weighted by atomic mass is 9.78. The first kappa shape index (κ1) is 21.5. The average molecular weight is 488 g/mol. The molecular weight excluding hydrogens is 458 g/mol. The van der Waals surface area contributed by atoms with E-state index in [9.17, 15) is 0 Å². The zero-order chi connectivity index (χ0) is 23.5. The van der Waals surface area contributed by atoms with E-state index in [-0.39, 0.29) is 5.16 Å². The first-order chi connectivity index (χ1) is 17.2. The van der Waals surface area contributed by atoms with E-state index in [2.05, 4.69) is 140 Å². The smallest absolute Gasteiger partial charge is 0.0638 e. The molecule has 4 aromatic carbocycles. The quantitative estimate of drug-likeness (QED) is 0.251. The van der Waals surface area contributed by atoms with Crippen molar-refractivity contribution in [3.63, 3.8) is 0 Å². The van der Waals surface area contributed by atoms with E-state index in [0.717, 1.165) is 6.42 Å². The van der Waals surface area contributed by atoms with E-state index in [4.69, 9.17) is 0 Å². The van der Waals surface area contributed by atoms with Crippen molar-refractivity contribution in [3.05, 3.63) is 156 Å². The largest absolute Gasteiger partial charge is 0.122 e. The maximum atomic E-state index is 2.73. The molecule has 5 atom stereocenters. The summed E-state index contributed by atoms with van der Waals surface area (Å²) in [5, 5.41) is 3.49. The maximum Gasteiger partial charge on any atom is 0.122 e. The molecule has 4 aromatic rings. The predicted octanol–water partition coefficient (Wildman–Crippen LogP) is 9.80. The molecule has 0 N–H and O–H groups in total. The maximum absolute atomic E-state index is 2.73. The van der Waals surface area contributed by atoms with E-state index in [1.54, 1.807) is 16.2 Å². The molecule has 0 spiro atoms. The van der Waals surface area contributed by atoms with Gasteiger partial charge in [0, 0.05) is 23.2 Å². The van der Waals surface area contributed by atoms with Gasteiger partial charge in [-0.15, -0.1) is 0 Å². The van der Waals surface area contributed by atoms with Crippen LogP contribution in [0.15, 0.2) is 133 Å². The van der Waals surface area contributed by atoms with Crippen molar-refractivity contribution in [3.8, 4) is 0 Å². The first-order valence-corrected chi connectivity index (χ1v) is 16.9. The van der Waals surface area contributed by atoms with Crippen LogP contribution in [-0.2, 0) is 5.16 Å². The highest BCUT2D eigenvalue weighted by atomic mass is 32.1. The van der Waals surface area contributed by atoms with Crippen LogP contribution in [0.1, 0.15) is 34.3 Å². The van der Waals surface area contributed by atoms with Crippen molar-refractivity contribution < 1.29 is 0 Å². The van der Waals surface area contributed by atoms with E-state index in [1.165, 1.54) is 16.7 Å². The van der Waals surface area contributed by atoms with Gasteiger partial charge in [-0.1, -0.05) is 127 Å². The van der Waals surface area contributed by atoms with Gasteiger partial charge in [-0.2, -0.15) is 0 Å². The number of hydrogen-bond acceptors (Lipinski definition) is 0. The Bertz CT molecular complexity index is 1430. The van der Waals surface area contributed by atoms with Crippen LogP contribution >= 0.6 is 14.6 Å². The molecule has 170 valence electrons. The van der Waals surface area contributed by atoms with E-state index in [0.29, 0.717) is 11.6 Å². The Hall–Kier alpha value is -2.78. The second-order valence-corrected chi connectivity index (χ2v) is 18.7. The number of hydrogen-bond donors (Lipinski definition) is 0. The summed E-state index contributed by atoms with van der Waals surface area (Å²) in [7, 11) is -0.402. The topological polar surface area (TPSA) is 0 Å². The Morgan fingerprint density at radius 2 is 1.23 bits per heavy atom. The first-order valence-electron chi connectivity index (χ1n) is 12.6. The third-order valence-corrected chi connectivity index (χ3v) is 20.9. The van der Waals surface area contributed by atoms with Crippen molar-refractivity contribution >= 4 is 25.2 Å². The SMILES string of the molecule is C[P+]12C(c3ccccc3)=CC[C@@]1(c1ccccc1)[C@H]1C=C(c3ccccc3)P2[C@@H]1c1ccccc1. The molecular formula is C33H29P2+. The molecule has 3 heterocycles. The minimum atomic E-state index is -1.61. The molecule has 1 fully saturated rings. The molecule has 2 bridgehead atoms. The fourth-order valence-electron chi connectivity index (χ4n) is 7.16. The van der Waals surface area contributed by atoms with Gasteiger partial charge >= 0.3 is 0 Å². The summed E-state index contributed by atoms with van der Waals surface area (Å²) in [4.78, 5) is 0. The highest BCUT2D eigenvalue weighted by molar-refractivity contribution is 8.47. The third kappa shape index (κ3) is 2.88. The Balaban J connectivity index is 1.52. The van der Waals surface area contributed by atoms with Crippen LogP contribution in [0.2, 0.25) is 0 Å². The Kier molecular flexibility index (Phi) is 4.99. The minimum absolute atomic E-state index is 0.184. The van der Waals surface area contributed by atoms with Crippen LogP contribution in [0.3, 0.4) is 0 Å². The third-order valence-electron chi connectivity index (χ3n) is 8.58. The second kappa shape index (κ2) is 8.13. The molecule has 0 aliphatic carbocycles. The van der Waals surface area contributed by atoms with Crippen LogP contribution in [0.5, 0.6) is 0 Å². The predicted molar refractivity (Wildman–Crippen MR) is 154 cm³/mol. The summed E-state index contributed by atoms with van der Waals surface area (Å²) < 4.78 is 0. The van der Waals surface area contributed by atoms with Crippen molar-refractivity contribution in [1.82, 2.24) is 0 Å². The van der Waals surface area contributed by atoms with Crippen LogP contribution < -0.4 is 0 Å². The fourth-order valence-corrected chi connectivity index (χ4v) is 22.0. The van der Waals surface area contributed by atoms with Gasteiger partial charge in [0.25, 0.3) is 0 Å². The monoisotopic (exact) mass is 487 g/mol. The zero-order valence-electron chi connectivity index (χ0n) is 20.0. The number of fused-ring (bicyclic) bond motifs is 5. The summed E-state index contributed by atoms with van der Waals surface area (Å²) >= 11 is 0. The Morgan fingerprint density at radius 3 is 1.86 bits per heavy atom. The minimum Gasteiger partial charge on any atom is -0.0638 e. The number of allylic oxidation sites excluding steroid dienone is 2. The fraction of sp³-hybridized carbons (Fsp3) is 0.152. The normalized spacial score (nSPS) is 30.6. The molecule has 0 aromatic heterocycles. The molecule has 3 aliphatic heterocycles. The van der Waals surface area contributed by atoms with Crippen LogP contribution in [0.25, 0.3) is 10.6 Å². The van der Waals surface area contributed by atoms with Gasteiger partial charge in [0.15, 0.2) is 0 Å². The molecule has 1 saturated heterocycles. The van der Waals surface area contributed by atoms with Gasteiger partial charge in [-0.05, 0) is 22.8 Å². The molecule has 0 saturated carbocycles. The Labute approximate surface area is 210 Å². The molecule has 2 unspecified atom stereocenters. The lowest BCUT2D eigenvalue weighted by Crippen LogP contribution is -2.31. The molecule has 0 radical (unpaired) electrons.